The van der Waals surface area contributed by atoms with Gasteiger partial charge in [0.25, 0.3) is 0 Å². The van der Waals surface area contributed by atoms with Crippen LogP contribution in [0.25, 0.3) is 0 Å². The van der Waals surface area contributed by atoms with Crippen molar-refractivity contribution < 1.29 is 0 Å². The molecule has 0 spiro atoms. The number of fused-ring (bicyclic) bond motifs is 1. The van der Waals surface area contributed by atoms with Crippen molar-refractivity contribution in [2.24, 2.45) is 0 Å². The molecule has 1 unspecified atom stereocenters. The summed E-state index contributed by atoms with van der Waals surface area (Å²) in [6, 6.07) is 4.27. The maximum atomic E-state index is 4.36. The van der Waals surface area contributed by atoms with Gasteiger partial charge in [0.15, 0.2) is 0 Å². The summed E-state index contributed by atoms with van der Waals surface area (Å²) in [4.78, 5) is 4.36. The monoisotopic (exact) mass is 147 g/mol. The largest absolute Gasteiger partial charge is 0.261 e. The van der Waals surface area contributed by atoms with Crippen LogP contribution in [0.15, 0.2) is 18.3 Å². The lowest BCUT2D eigenvalue weighted by molar-refractivity contribution is 0.656. The molecule has 0 aliphatic heterocycles. The number of rotatable bonds is 1. The second-order valence-corrected chi connectivity index (χ2v) is 3.18. The van der Waals surface area contributed by atoms with Crippen molar-refractivity contribution >= 4 is 0 Å². The summed E-state index contributed by atoms with van der Waals surface area (Å²) in [5.41, 5.74) is 2.83. The molecule has 0 saturated heterocycles. The molecule has 0 N–H and O–H groups in total. The van der Waals surface area contributed by atoms with Gasteiger partial charge in [-0.15, -0.1) is 0 Å². The maximum Gasteiger partial charge on any atom is 0.0438 e. The molecule has 0 saturated carbocycles. The number of aromatic nitrogens is 1. The first kappa shape index (κ1) is 6.84. The summed E-state index contributed by atoms with van der Waals surface area (Å²) < 4.78 is 0. The highest BCUT2D eigenvalue weighted by Gasteiger charge is 2.20. The zero-order chi connectivity index (χ0) is 7.68. The number of aryl methyl sites for hydroxylation is 1. The Labute approximate surface area is 67.5 Å². The van der Waals surface area contributed by atoms with Gasteiger partial charge in [0.05, 0.1) is 0 Å². The summed E-state index contributed by atoms with van der Waals surface area (Å²) in [6.45, 7) is 2.26. The average Bonchev–Trinajstić information content (AvgIpc) is 2.47. The second-order valence-electron chi connectivity index (χ2n) is 3.18. The number of hydrogen-bond acceptors (Lipinski definition) is 1. The van der Waals surface area contributed by atoms with Crippen LogP contribution in [-0.2, 0) is 6.42 Å². The van der Waals surface area contributed by atoms with E-state index in [0.29, 0.717) is 0 Å². The lowest BCUT2D eigenvalue weighted by atomic mass is 10.0. The highest BCUT2D eigenvalue weighted by atomic mass is 14.7. The highest BCUT2D eigenvalue weighted by Crippen LogP contribution is 2.33. The average molecular weight is 147 g/mol. The topological polar surface area (TPSA) is 12.9 Å². The van der Waals surface area contributed by atoms with Crippen molar-refractivity contribution in [2.45, 2.75) is 32.1 Å². The highest BCUT2D eigenvalue weighted by molar-refractivity contribution is 5.28. The Morgan fingerprint density at radius 3 is 3.36 bits per heavy atom. The van der Waals surface area contributed by atoms with Crippen molar-refractivity contribution in [1.29, 1.82) is 0 Å². The van der Waals surface area contributed by atoms with E-state index >= 15 is 0 Å². The predicted octanol–water partition coefficient (Wildman–Crippen LogP) is 2.52. The van der Waals surface area contributed by atoms with E-state index in [9.17, 15) is 0 Å². The number of nitrogens with zero attached hydrogens (tertiary/aromatic N) is 1. The van der Waals surface area contributed by atoms with Crippen LogP contribution in [0.2, 0.25) is 0 Å². The molecule has 1 atom stereocenters. The molecule has 0 radical (unpaired) electrons. The molecule has 1 aromatic heterocycles. The van der Waals surface area contributed by atoms with E-state index in [0.717, 1.165) is 5.92 Å². The molecule has 0 fully saturated rings. The molecule has 0 bridgehead atoms. The zero-order valence-electron chi connectivity index (χ0n) is 6.88. The second kappa shape index (κ2) is 2.65. The third-order valence-electron chi connectivity index (χ3n) is 2.59. The smallest absolute Gasteiger partial charge is 0.0438 e. The van der Waals surface area contributed by atoms with Gasteiger partial charge in [-0.25, -0.2) is 0 Å². The molecule has 58 valence electrons. The van der Waals surface area contributed by atoms with Crippen molar-refractivity contribution in [3.63, 3.8) is 0 Å². The van der Waals surface area contributed by atoms with Crippen LogP contribution >= 0.6 is 0 Å². The summed E-state index contributed by atoms with van der Waals surface area (Å²) in [6.07, 6.45) is 5.66. The molecule has 11 heavy (non-hydrogen) atoms. The Hall–Kier alpha value is -0.850. The van der Waals surface area contributed by atoms with Crippen LogP contribution in [-0.4, -0.2) is 4.98 Å². The maximum absolute atomic E-state index is 4.36. The lowest BCUT2D eigenvalue weighted by Gasteiger charge is -2.05. The summed E-state index contributed by atoms with van der Waals surface area (Å²) in [7, 11) is 0. The Bertz CT molecular complexity index is 255. The fraction of sp³-hybridized carbons (Fsp3) is 0.500. The van der Waals surface area contributed by atoms with E-state index in [-0.39, 0.29) is 0 Å². The molecule has 1 heterocycles. The third kappa shape index (κ3) is 1.05. The van der Waals surface area contributed by atoms with Crippen LogP contribution in [0.5, 0.6) is 0 Å². The van der Waals surface area contributed by atoms with Gasteiger partial charge < -0.3 is 0 Å². The molecule has 0 aromatic carbocycles. The van der Waals surface area contributed by atoms with E-state index in [4.69, 9.17) is 0 Å². The fourth-order valence-electron chi connectivity index (χ4n) is 1.92. The lowest BCUT2D eigenvalue weighted by Crippen LogP contribution is -1.90. The Kier molecular flexibility index (Phi) is 1.65. The van der Waals surface area contributed by atoms with Gasteiger partial charge in [0, 0.05) is 11.9 Å². The molecule has 1 heteroatoms. The third-order valence-corrected chi connectivity index (χ3v) is 2.59. The standard InChI is InChI=1S/C10H13N/c1-2-8-5-6-10-9(8)4-3-7-11-10/h3-4,7-8H,2,5-6H2,1H3. The van der Waals surface area contributed by atoms with Crippen molar-refractivity contribution in [3.8, 4) is 0 Å². The molecule has 0 amide bonds. The molecular weight excluding hydrogens is 134 g/mol. The first-order chi connectivity index (χ1) is 5.42. The van der Waals surface area contributed by atoms with E-state index in [1.54, 1.807) is 0 Å². The first-order valence-corrected chi connectivity index (χ1v) is 4.35. The van der Waals surface area contributed by atoms with Crippen LogP contribution in [0, 0.1) is 0 Å². The normalized spacial score (nSPS) is 21.7. The number of pyridine rings is 1. The van der Waals surface area contributed by atoms with Crippen molar-refractivity contribution in [3.05, 3.63) is 29.6 Å². The SMILES string of the molecule is CCC1CCc2ncccc21. The van der Waals surface area contributed by atoms with E-state index < -0.39 is 0 Å². The quantitative estimate of drug-likeness (QED) is 0.594. The summed E-state index contributed by atoms with van der Waals surface area (Å²) in [5.74, 6) is 0.790. The number of hydrogen-bond donors (Lipinski definition) is 0. The predicted molar refractivity (Wildman–Crippen MR) is 45.6 cm³/mol. The van der Waals surface area contributed by atoms with Crippen LogP contribution < -0.4 is 0 Å². The van der Waals surface area contributed by atoms with Gasteiger partial charge in [0.1, 0.15) is 0 Å². The van der Waals surface area contributed by atoms with Gasteiger partial charge in [-0.2, -0.15) is 0 Å². The molecule has 1 aliphatic rings. The van der Waals surface area contributed by atoms with Crippen LogP contribution in [0.1, 0.15) is 36.9 Å². The van der Waals surface area contributed by atoms with Crippen molar-refractivity contribution in [1.82, 2.24) is 4.98 Å². The van der Waals surface area contributed by atoms with Gasteiger partial charge >= 0.3 is 0 Å². The van der Waals surface area contributed by atoms with Gasteiger partial charge in [-0.05, 0) is 36.8 Å². The fourth-order valence-corrected chi connectivity index (χ4v) is 1.92. The van der Waals surface area contributed by atoms with Gasteiger partial charge in [-0.3, -0.25) is 4.98 Å². The minimum absolute atomic E-state index is 0.790. The summed E-state index contributed by atoms with van der Waals surface area (Å²) >= 11 is 0. The van der Waals surface area contributed by atoms with Crippen LogP contribution in [0.3, 0.4) is 0 Å². The minimum atomic E-state index is 0.790. The zero-order valence-corrected chi connectivity index (χ0v) is 6.88. The Morgan fingerprint density at radius 2 is 2.55 bits per heavy atom. The molecule has 1 nitrogen and oxygen atoms in total. The van der Waals surface area contributed by atoms with E-state index in [2.05, 4.69) is 18.0 Å². The summed E-state index contributed by atoms with van der Waals surface area (Å²) in [5, 5.41) is 0. The molecule has 2 rings (SSSR count). The minimum Gasteiger partial charge on any atom is -0.261 e. The van der Waals surface area contributed by atoms with Crippen LogP contribution in [0.4, 0.5) is 0 Å². The molecular formula is C10H13N. The van der Waals surface area contributed by atoms with E-state index in [1.807, 2.05) is 12.3 Å². The van der Waals surface area contributed by atoms with Crippen molar-refractivity contribution in [2.75, 3.05) is 0 Å². The Balaban J connectivity index is 2.39. The Morgan fingerprint density at radius 1 is 1.64 bits per heavy atom. The first-order valence-electron chi connectivity index (χ1n) is 4.35. The van der Waals surface area contributed by atoms with Gasteiger partial charge in [0.2, 0.25) is 0 Å². The van der Waals surface area contributed by atoms with E-state index in [1.165, 1.54) is 30.5 Å². The molecule has 1 aliphatic carbocycles. The van der Waals surface area contributed by atoms with Gasteiger partial charge in [-0.1, -0.05) is 13.0 Å². The molecule has 1 aromatic rings.